The first-order valence-electron chi connectivity index (χ1n) is 5.13. The third-order valence-electron chi connectivity index (χ3n) is 2.54. The van der Waals surface area contributed by atoms with Gasteiger partial charge in [0, 0.05) is 0 Å². The first kappa shape index (κ1) is 10.2. The van der Waals surface area contributed by atoms with Crippen LogP contribution < -0.4 is 0 Å². The first-order chi connectivity index (χ1) is 6.88. The van der Waals surface area contributed by atoms with Gasteiger partial charge in [0.25, 0.3) is 0 Å². The van der Waals surface area contributed by atoms with Crippen molar-refractivity contribution in [3.63, 3.8) is 0 Å². The lowest BCUT2D eigenvalue weighted by Gasteiger charge is -2.26. The van der Waals surface area contributed by atoms with E-state index in [1.165, 1.54) is 4.90 Å². The molecule has 0 spiro atoms. The first-order valence-corrected chi connectivity index (χ1v) is 5.13. The monoisotopic (exact) mass is 209 g/mol. The van der Waals surface area contributed by atoms with E-state index in [0.717, 1.165) is 6.42 Å². The molecule has 4 heteroatoms. The molecule has 2 atom stereocenters. The van der Waals surface area contributed by atoms with Gasteiger partial charge in [-0.15, -0.1) is 0 Å². The number of fused-ring (bicyclic) bond motifs is 2. The van der Waals surface area contributed by atoms with Crippen LogP contribution in [0.15, 0.2) is 12.2 Å². The van der Waals surface area contributed by atoms with Gasteiger partial charge in [-0.2, -0.15) is 0 Å². The highest BCUT2D eigenvalue weighted by atomic mass is 16.6. The van der Waals surface area contributed by atoms with Crippen LogP contribution in [0.3, 0.4) is 0 Å². The Morgan fingerprint density at radius 1 is 1.47 bits per heavy atom. The number of ether oxygens (including phenoxy) is 1. The lowest BCUT2D eigenvalue weighted by molar-refractivity contribution is -0.130. The second-order valence-electron chi connectivity index (χ2n) is 4.98. The van der Waals surface area contributed by atoms with Crippen LogP contribution in [0.5, 0.6) is 0 Å². The molecule has 82 valence electrons. The molecule has 1 fully saturated rings. The van der Waals surface area contributed by atoms with Gasteiger partial charge in [-0.05, 0) is 27.2 Å². The molecule has 0 unspecified atom stereocenters. The van der Waals surface area contributed by atoms with Gasteiger partial charge in [0.05, 0.1) is 12.0 Å². The molecule has 1 saturated heterocycles. The lowest BCUT2D eigenvalue weighted by Crippen LogP contribution is -2.43. The summed E-state index contributed by atoms with van der Waals surface area (Å²) in [6, 6.07) is -0.0858. The molecule has 1 aliphatic heterocycles. The number of nitrogens with zero attached hydrogens (tertiary/aromatic N) is 1. The zero-order valence-corrected chi connectivity index (χ0v) is 9.19. The highest BCUT2D eigenvalue weighted by Crippen LogP contribution is 2.33. The molecule has 1 aliphatic carbocycles. The van der Waals surface area contributed by atoms with Gasteiger partial charge in [0.1, 0.15) is 5.60 Å². The number of hydrogen-bond acceptors (Lipinski definition) is 3. The van der Waals surface area contributed by atoms with E-state index < -0.39 is 11.7 Å². The van der Waals surface area contributed by atoms with Gasteiger partial charge in [0.2, 0.25) is 5.91 Å². The molecule has 2 bridgehead atoms. The van der Waals surface area contributed by atoms with E-state index in [2.05, 4.69) is 0 Å². The highest BCUT2D eigenvalue weighted by molar-refractivity contribution is 5.98. The minimum absolute atomic E-state index is 0.0858. The van der Waals surface area contributed by atoms with Gasteiger partial charge in [-0.25, -0.2) is 9.69 Å². The van der Waals surface area contributed by atoms with Gasteiger partial charge in [0.15, 0.2) is 0 Å². The summed E-state index contributed by atoms with van der Waals surface area (Å²) in [6.45, 7) is 5.37. The van der Waals surface area contributed by atoms with Crippen LogP contribution in [0.1, 0.15) is 27.2 Å². The predicted molar refractivity (Wildman–Crippen MR) is 54.1 cm³/mol. The van der Waals surface area contributed by atoms with Crippen molar-refractivity contribution < 1.29 is 14.3 Å². The average Bonchev–Trinajstić information content (AvgIpc) is 2.59. The summed E-state index contributed by atoms with van der Waals surface area (Å²) in [7, 11) is 0. The standard InChI is InChI=1S/C11H15NO3/c1-11(2,3)15-10(14)12-8-5-4-7(6-8)9(12)13/h4-5,7-8H,6H2,1-3H3/t7-,8-/m1/s1. The number of imide groups is 1. The Bertz CT molecular complexity index is 340. The summed E-state index contributed by atoms with van der Waals surface area (Å²) >= 11 is 0. The van der Waals surface area contributed by atoms with Gasteiger partial charge in [-0.3, -0.25) is 4.79 Å². The Balaban J connectivity index is 2.09. The topological polar surface area (TPSA) is 46.6 Å². The quantitative estimate of drug-likeness (QED) is 0.570. The van der Waals surface area contributed by atoms with Crippen molar-refractivity contribution in [2.24, 2.45) is 5.92 Å². The number of hydrogen-bond donors (Lipinski definition) is 0. The molecular formula is C11H15NO3. The fourth-order valence-electron chi connectivity index (χ4n) is 1.93. The number of amides is 2. The maximum atomic E-state index is 11.7. The molecule has 2 rings (SSSR count). The molecule has 4 nitrogen and oxygen atoms in total. The predicted octanol–water partition coefficient (Wildman–Crippen LogP) is 1.71. The minimum atomic E-state index is -0.553. The molecule has 0 saturated carbocycles. The van der Waals surface area contributed by atoms with E-state index in [-0.39, 0.29) is 17.9 Å². The summed E-state index contributed by atoms with van der Waals surface area (Å²) < 4.78 is 5.18. The molecule has 0 radical (unpaired) electrons. The number of carbonyl (C=O) groups excluding carboxylic acids is 2. The van der Waals surface area contributed by atoms with E-state index in [1.807, 2.05) is 12.2 Å². The number of likely N-dealkylation sites (tertiary alicyclic amines) is 1. The fraction of sp³-hybridized carbons (Fsp3) is 0.636. The number of rotatable bonds is 0. The van der Waals surface area contributed by atoms with Crippen LogP contribution in [0.4, 0.5) is 4.79 Å². The lowest BCUT2D eigenvalue weighted by atomic mass is 10.1. The van der Waals surface area contributed by atoms with Crippen LogP contribution in [-0.4, -0.2) is 28.5 Å². The maximum Gasteiger partial charge on any atom is 0.417 e. The Hall–Kier alpha value is -1.32. The van der Waals surface area contributed by atoms with Crippen LogP contribution in [0, 0.1) is 5.92 Å². The van der Waals surface area contributed by atoms with Crippen molar-refractivity contribution >= 4 is 12.0 Å². The summed E-state index contributed by atoms with van der Waals surface area (Å²) in [6.07, 6.45) is 3.96. The maximum absolute atomic E-state index is 11.7. The van der Waals surface area contributed by atoms with Crippen LogP contribution in [0.25, 0.3) is 0 Å². The van der Waals surface area contributed by atoms with E-state index in [4.69, 9.17) is 4.74 Å². The smallest absolute Gasteiger partial charge is 0.417 e. The molecule has 1 heterocycles. The number of carbonyl (C=O) groups is 2. The molecule has 2 aliphatic rings. The van der Waals surface area contributed by atoms with E-state index >= 15 is 0 Å². The van der Waals surface area contributed by atoms with Crippen molar-refractivity contribution in [2.45, 2.75) is 38.8 Å². The molecule has 0 aromatic heterocycles. The Kier molecular flexibility index (Phi) is 2.10. The second kappa shape index (κ2) is 3.08. The summed E-state index contributed by atoms with van der Waals surface area (Å²) in [5.41, 5.74) is -0.553. The van der Waals surface area contributed by atoms with Gasteiger partial charge in [-0.1, -0.05) is 12.2 Å². The van der Waals surface area contributed by atoms with E-state index in [0.29, 0.717) is 0 Å². The van der Waals surface area contributed by atoms with Crippen molar-refractivity contribution in [2.75, 3.05) is 0 Å². The SMILES string of the molecule is CC(C)(C)OC(=O)N1C(=O)[C@@H]2C=C[C@@H]1C2. The third-order valence-corrected chi connectivity index (χ3v) is 2.54. The summed E-state index contributed by atoms with van der Waals surface area (Å²) in [5, 5.41) is 0. The van der Waals surface area contributed by atoms with Crippen molar-refractivity contribution in [1.82, 2.24) is 4.90 Å². The Labute approximate surface area is 88.9 Å². The normalized spacial score (nSPS) is 28.7. The Morgan fingerprint density at radius 2 is 2.13 bits per heavy atom. The van der Waals surface area contributed by atoms with E-state index in [1.54, 1.807) is 20.8 Å². The molecule has 0 aromatic carbocycles. The highest BCUT2D eigenvalue weighted by Gasteiger charge is 2.45. The van der Waals surface area contributed by atoms with Crippen LogP contribution in [-0.2, 0) is 9.53 Å². The summed E-state index contributed by atoms with van der Waals surface area (Å²) in [4.78, 5) is 24.6. The molecule has 2 amide bonds. The fourth-order valence-corrected chi connectivity index (χ4v) is 1.93. The van der Waals surface area contributed by atoms with Crippen molar-refractivity contribution in [3.8, 4) is 0 Å². The second-order valence-corrected chi connectivity index (χ2v) is 4.98. The van der Waals surface area contributed by atoms with Gasteiger partial charge >= 0.3 is 6.09 Å². The van der Waals surface area contributed by atoms with Crippen molar-refractivity contribution in [3.05, 3.63) is 12.2 Å². The molecular weight excluding hydrogens is 194 g/mol. The molecule has 0 N–H and O–H groups in total. The zero-order valence-electron chi connectivity index (χ0n) is 9.19. The van der Waals surface area contributed by atoms with E-state index in [9.17, 15) is 9.59 Å². The molecule has 0 aromatic rings. The van der Waals surface area contributed by atoms with Crippen molar-refractivity contribution in [1.29, 1.82) is 0 Å². The van der Waals surface area contributed by atoms with Crippen LogP contribution in [0.2, 0.25) is 0 Å². The third kappa shape index (κ3) is 1.76. The zero-order chi connectivity index (χ0) is 11.2. The Morgan fingerprint density at radius 3 is 2.60 bits per heavy atom. The molecule has 15 heavy (non-hydrogen) atoms. The van der Waals surface area contributed by atoms with Gasteiger partial charge < -0.3 is 4.74 Å². The minimum Gasteiger partial charge on any atom is -0.443 e. The average molecular weight is 209 g/mol. The van der Waals surface area contributed by atoms with Crippen LogP contribution >= 0.6 is 0 Å². The largest absolute Gasteiger partial charge is 0.443 e. The summed E-state index contributed by atoms with van der Waals surface area (Å²) in [5.74, 6) is -0.237.